The number of nitrogens with one attached hydrogen (secondary N) is 2. The Bertz CT molecular complexity index is 609. The Morgan fingerprint density at radius 3 is 2.90 bits per heavy atom. The largest absolute Gasteiger partial charge is 0.406 e. The molecule has 1 heterocycles. The molecule has 0 aliphatic rings. The van der Waals surface area contributed by atoms with Gasteiger partial charge in [0.05, 0.1) is 6.54 Å². The van der Waals surface area contributed by atoms with Crippen molar-refractivity contribution in [2.24, 2.45) is 11.7 Å². The van der Waals surface area contributed by atoms with Crippen LogP contribution in [0.3, 0.4) is 0 Å². The second-order valence-corrected chi connectivity index (χ2v) is 5.10. The lowest BCUT2D eigenvalue weighted by Gasteiger charge is -2.04. The van der Waals surface area contributed by atoms with Crippen LogP contribution in [-0.2, 0) is 6.54 Å². The summed E-state index contributed by atoms with van der Waals surface area (Å²) in [4.78, 5) is 11.1. The summed E-state index contributed by atoms with van der Waals surface area (Å²) in [6.07, 6.45) is 0. The summed E-state index contributed by atoms with van der Waals surface area (Å²) < 4.78 is 5.46. The molecule has 0 saturated carbocycles. The second kappa shape index (κ2) is 6.85. The summed E-state index contributed by atoms with van der Waals surface area (Å²) in [6, 6.07) is 7.06. The maximum absolute atomic E-state index is 11.1. The minimum atomic E-state index is -0.484. The molecule has 21 heavy (non-hydrogen) atoms. The smallest absolute Gasteiger partial charge is 0.320 e. The summed E-state index contributed by atoms with van der Waals surface area (Å²) in [5.41, 5.74) is 6.31. The van der Waals surface area contributed by atoms with Gasteiger partial charge in [-0.05, 0) is 30.7 Å². The first-order valence-electron chi connectivity index (χ1n) is 6.74. The predicted molar refractivity (Wildman–Crippen MR) is 79.1 cm³/mol. The molecule has 1 aromatic carbocycles. The van der Waals surface area contributed by atoms with Crippen LogP contribution in [0.2, 0.25) is 0 Å². The van der Waals surface area contributed by atoms with E-state index in [0.717, 1.165) is 6.54 Å². The monoisotopic (exact) mass is 289 g/mol. The maximum atomic E-state index is 11.1. The Labute approximate surface area is 122 Å². The number of aromatic nitrogens is 2. The summed E-state index contributed by atoms with van der Waals surface area (Å²) in [6.45, 7) is 5.65. The number of rotatable bonds is 7. The van der Waals surface area contributed by atoms with E-state index in [4.69, 9.17) is 10.2 Å². The van der Waals surface area contributed by atoms with E-state index in [-0.39, 0.29) is 6.01 Å². The number of primary amides is 1. The first kappa shape index (κ1) is 15.0. The second-order valence-electron chi connectivity index (χ2n) is 5.10. The lowest BCUT2D eigenvalue weighted by Crippen LogP contribution is -2.19. The zero-order chi connectivity index (χ0) is 15.2. The maximum Gasteiger partial charge on any atom is 0.320 e. The van der Waals surface area contributed by atoms with Crippen LogP contribution in [-0.4, -0.2) is 22.6 Å². The van der Waals surface area contributed by atoms with Gasteiger partial charge in [-0.15, -0.1) is 5.10 Å². The zero-order valence-corrected chi connectivity index (χ0v) is 12.1. The molecular formula is C14H19N5O2. The van der Waals surface area contributed by atoms with Crippen molar-refractivity contribution >= 4 is 17.6 Å². The molecule has 0 bridgehead atoms. The molecule has 0 aliphatic carbocycles. The topological polar surface area (TPSA) is 106 Å². The average Bonchev–Trinajstić information content (AvgIpc) is 2.86. The van der Waals surface area contributed by atoms with Gasteiger partial charge in [0.1, 0.15) is 0 Å². The van der Waals surface area contributed by atoms with E-state index < -0.39 is 5.91 Å². The van der Waals surface area contributed by atoms with Crippen molar-refractivity contribution in [2.75, 3.05) is 11.9 Å². The van der Waals surface area contributed by atoms with Gasteiger partial charge < -0.3 is 20.8 Å². The quantitative estimate of drug-likeness (QED) is 0.715. The van der Waals surface area contributed by atoms with Gasteiger partial charge in [-0.25, -0.2) is 0 Å². The standard InChI is InChI=1S/C14H19N5O2/c1-9(2)7-16-8-12-18-19-14(21-12)17-11-5-3-4-10(6-11)13(15)20/h3-6,9,16H,7-8H2,1-2H3,(H2,15,20)(H,17,19). The van der Waals surface area contributed by atoms with E-state index in [0.29, 0.717) is 29.6 Å². The highest BCUT2D eigenvalue weighted by Gasteiger charge is 2.07. The first-order chi connectivity index (χ1) is 10.0. The Morgan fingerprint density at radius 1 is 1.38 bits per heavy atom. The van der Waals surface area contributed by atoms with E-state index in [2.05, 4.69) is 34.7 Å². The molecule has 7 nitrogen and oxygen atoms in total. The van der Waals surface area contributed by atoms with Crippen molar-refractivity contribution in [2.45, 2.75) is 20.4 Å². The van der Waals surface area contributed by atoms with Crippen molar-refractivity contribution in [3.63, 3.8) is 0 Å². The fourth-order valence-electron chi connectivity index (χ4n) is 1.72. The van der Waals surface area contributed by atoms with Crippen LogP contribution in [0.15, 0.2) is 28.7 Å². The van der Waals surface area contributed by atoms with Crippen molar-refractivity contribution in [1.82, 2.24) is 15.5 Å². The van der Waals surface area contributed by atoms with Crippen molar-refractivity contribution in [1.29, 1.82) is 0 Å². The number of hydrogen-bond acceptors (Lipinski definition) is 6. The molecule has 1 amide bonds. The van der Waals surface area contributed by atoms with Crippen LogP contribution in [0.4, 0.5) is 11.7 Å². The number of hydrogen-bond donors (Lipinski definition) is 3. The van der Waals surface area contributed by atoms with Crippen molar-refractivity contribution < 1.29 is 9.21 Å². The van der Waals surface area contributed by atoms with Crippen LogP contribution >= 0.6 is 0 Å². The van der Waals surface area contributed by atoms with Gasteiger partial charge in [-0.3, -0.25) is 4.79 Å². The Kier molecular flexibility index (Phi) is 4.89. The average molecular weight is 289 g/mol. The fourth-order valence-corrected chi connectivity index (χ4v) is 1.72. The molecule has 0 atom stereocenters. The minimum absolute atomic E-state index is 0.276. The molecule has 112 valence electrons. The Morgan fingerprint density at radius 2 is 2.19 bits per heavy atom. The number of nitrogens with zero attached hydrogens (tertiary/aromatic N) is 2. The zero-order valence-electron chi connectivity index (χ0n) is 12.1. The fraction of sp³-hybridized carbons (Fsp3) is 0.357. The SMILES string of the molecule is CC(C)CNCc1nnc(Nc2cccc(C(N)=O)c2)o1. The number of benzene rings is 1. The van der Waals surface area contributed by atoms with Gasteiger partial charge >= 0.3 is 6.01 Å². The lowest BCUT2D eigenvalue weighted by atomic mass is 10.2. The predicted octanol–water partition coefficient (Wildman–Crippen LogP) is 1.66. The third-order valence-corrected chi connectivity index (χ3v) is 2.69. The molecule has 2 aromatic rings. The number of carbonyl (C=O) groups is 1. The molecule has 0 saturated heterocycles. The van der Waals surface area contributed by atoms with Gasteiger partial charge in [0, 0.05) is 11.3 Å². The van der Waals surface area contributed by atoms with Crippen molar-refractivity contribution in [3.05, 3.63) is 35.7 Å². The normalized spacial score (nSPS) is 10.8. The highest BCUT2D eigenvalue weighted by atomic mass is 16.4. The molecule has 1 aromatic heterocycles. The van der Waals surface area contributed by atoms with Gasteiger partial charge in [0.15, 0.2) is 0 Å². The molecule has 0 fully saturated rings. The molecule has 0 aliphatic heterocycles. The van der Waals surface area contributed by atoms with Crippen LogP contribution in [0.25, 0.3) is 0 Å². The Balaban J connectivity index is 1.96. The molecule has 0 radical (unpaired) electrons. The first-order valence-corrected chi connectivity index (χ1v) is 6.74. The van der Waals surface area contributed by atoms with Crippen LogP contribution in [0.1, 0.15) is 30.1 Å². The van der Waals surface area contributed by atoms with Crippen molar-refractivity contribution in [3.8, 4) is 0 Å². The van der Waals surface area contributed by atoms with Gasteiger partial charge in [0.2, 0.25) is 11.8 Å². The van der Waals surface area contributed by atoms with Crippen LogP contribution in [0, 0.1) is 5.92 Å². The molecule has 0 unspecified atom stereocenters. The Hall–Kier alpha value is -2.41. The van der Waals surface area contributed by atoms with Gasteiger partial charge in [0.25, 0.3) is 0 Å². The number of amides is 1. The molecule has 0 spiro atoms. The molecule has 2 rings (SSSR count). The van der Waals surface area contributed by atoms with E-state index in [1.165, 1.54) is 0 Å². The minimum Gasteiger partial charge on any atom is -0.406 e. The van der Waals surface area contributed by atoms with Crippen LogP contribution < -0.4 is 16.4 Å². The molecule has 7 heteroatoms. The van der Waals surface area contributed by atoms with E-state index in [1.807, 2.05) is 0 Å². The summed E-state index contributed by atoms with van der Waals surface area (Å²) >= 11 is 0. The van der Waals surface area contributed by atoms with E-state index in [1.54, 1.807) is 24.3 Å². The lowest BCUT2D eigenvalue weighted by molar-refractivity contribution is 0.100. The highest BCUT2D eigenvalue weighted by molar-refractivity contribution is 5.93. The van der Waals surface area contributed by atoms with Gasteiger partial charge in [-0.1, -0.05) is 25.0 Å². The molecule has 4 N–H and O–H groups in total. The summed E-state index contributed by atoms with van der Waals surface area (Å²) in [5, 5.41) is 14.0. The highest BCUT2D eigenvalue weighted by Crippen LogP contribution is 2.16. The summed E-state index contributed by atoms with van der Waals surface area (Å²) in [5.74, 6) is 0.578. The van der Waals surface area contributed by atoms with E-state index >= 15 is 0 Å². The van der Waals surface area contributed by atoms with Gasteiger partial charge in [-0.2, -0.15) is 0 Å². The molecular weight excluding hydrogens is 270 g/mol. The number of carbonyl (C=O) groups excluding carboxylic acids is 1. The number of anilines is 2. The number of nitrogens with two attached hydrogens (primary N) is 1. The summed E-state index contributed by atoms with van der Waals surface area (Å²) in [7, 11) is 0. The third-order valence-electron chi connectivity index (χ3n) is 2.69. The van der Waals surface area contributed by atoms with Crippen LogP contribution in [0.5, 0.6) is 0 Å². The van der Waals surface area contributed by atoms with E-state index in [9.17, 15) is 4.79 Å². The third kappa shape index (κ3) is 4.57.